The van der Waals surface area contributed by atoms with Crippen molar-refractivity contribution in [2.24, 2.45) is 11.8 Å². The third-order valence-electron chi connectivity index (χ3n) is 9.02. The Bertz CT molecular complexity index is 1470. The maximum Gasteiger partial charge on any atom is 0.243 e. The average molecular weight is 848 g/mol. The summed E-state index contributed by atoms with van der Waals surface area (Å²) >= 11 is 1.94. The van der Waals surface area contributed by atoms with Crippen LogP contribution in [0.1, 0.15) is 71.4 Å². The second-order valence-corrected chi connectivity index (χ2v) is 15.7. The number of carbonyl (C=O) groups excluding carboxylic acids is 5. The van der Waals surface area contributed by atoms with Gasteiger partial charge in [-0.3, -0.25) is 24.0 Å². The molecule has 1 aliphatic heterocycles. The molecule has 0 saturated carbocycles. The van der Waals surface area contributed by atoms with Gasteiger partial charge in [-0.05, 0) is 55.6 Å². The number of aliphatic hydroxyl groups is 1. The van der Waals surface area contributed by atoms with Crippen LogP contribution in [0.15, 0.2) is 60.7 Å². The number of ether oxygens (including phenoxy) is 1. The van der Waals surface area contributed by atoms with Crippen LogP contribution in [0.2, 0.25) is 0 Å². The van der Waals surface area contributed by atoms with Crippen LogP contribution in [-0.4, -0.2) is 94.5 Å². The Hall–Kier alpha value is -3.40. The normalized spacial score (nSPS) is 17.9. The van der Waals surface area contributed by atoms with Crippen LogP contribution < -0.4 is 26.6 Å². The first kappa shape index (κ1) is 44.0. The van der Waals surface area contributed by atoms with E-state index in [4.69, 9.17) is 4.74 Å². The van der Waals surface area contributed by atoms with E-state index in [1.165, 1.54) is 6.92 Å². The van der Waals surface area contributed by atoms with Gasteiger partial charge < -0.3 is 36.4 Å². The van der Waals surface area contributed by atoms with E-state index in [0.717, 1.165) is 11.1 Å². The Morgan fingerprint density at radius 1 is 0.792 bits per heavy atom. The lowest BCUT2D eigenvalue weighted by Gasteiger charge is -2.30. The van der Waals surface area contributed by atoms with Crippen LogP contribution in [0.5, 0.6) is 0 Å². The number of rotatable bonds is 21. The molecule has 6 N–H and O–H groups in total. The van der Waals surface area contributed by atoms with Gasteiger partial charge in [-0.15, -0.1) is 0 Å². The smallest absolute Gasteiger partial charge is 0.243 e. The van der Waals surface area contributed by atoms with Crippen molar-refractivity contribution in [2.45, 2.75) is 109 Å². The van der Waals surface area contributed by atoms with Crippen LogP contribution in [0.25, 0.3) is 0 Å². The fourth-order valence-corrected chi connectivity index (χ4v) is 6.53. The third-order valence-corrected chi connectivity index (χ3v) is 10.5. The monoisotopic (exact) mass is 847 g/mol. The number of hydrogen-bond donors (Lipinski definition) is 6. The number of nitrogens with one attached hydrogen (secondary N) is 5. The zero-order valence-electron chi connectivity index (χ0n) is 31.7. The molecule has 4 amide bonds. The number of halogens is 1. The molecule has 0 spiro atoms. The Labute approximate surface area is 327 Å². The van der Waals surface area contributed by atoms with Crippen LogP contribution in [0.3, 0.4) is 0 Å². The first-order valence-corrected chi connectivity index (χ1v) is 20.1. The first-order valence-electron chi connectivity index (χ1n) is 18.6. The molecule has 13 heteroatoms. The minimum absolute atomic E-state index is 0.00990. The molecule has 2 aromatic rings. The minimum Gasteiger partial charge on any atom is -0.381 e. The maximum absolute atomic E-state index is 14.1. The summed E-state index contributed by atoms with van der Waals surface area (Å²) in [4.78, 5) is 68.5. The van der Waals surface area contributed by atoms with Crippen LogP contribution in [0.4, 0.5) is 0 Å². The fourth-order valence-electron chi connectivity index (χ4n) is 6.16. The number of alkyl halides is 1. The highest BCUT2D eigenvalue weighted by atomic mass is 127. The molecule has 12 nitrogen and oxygen atoms in total. The van der Waals surface area contributed by atoms with Crippen molar-refractivity contribution >= 4 is 52.0 Å². The number of aryl methyl sites for hydroxylation is 1. The molecule has 0 radical (unpaired) electrons. The van der Waals surface area contributed by atoms with E-state index in [1.807, 2.05) is 111 Å². The molecule has 1 unspecified atom stereocenters. The number of benzene rings is 2. The molecule has 3 rings (SSSR count). The summed E-state index contributed by atoms with van der Waals surface area (Å²) in [5.41, 5.74) is 0.134. The lowest BCUT2D eigenvalue weighted by Crippen LogP contribution is -2.59. The number of morpholine rings is 1. The molecule has 0 aromatic heterocycles. The Morgan fingerprint density at radius 2 is 1.32 bits per heavy atom. The predicted octanol–water partition coefficient (Wildman–Crippen LogP) is 3.03. The Balaban J connectivity index is 1.84. The SMILES string of the molecule is CC(C)C[C@H](NC(=O)[C@H](CCc1ccccc1)NC(=O)CC1CNCCO1)C(=O)N[C@@H](Cc1ccccc1)C(=O)N[C@@H](CC(C)C)C(=O)[C@](C)(O)CI. The molecular formula is C40H58IN5O7. The zero-order chi connectivity index (χ0) is 39.0. The lowest BCUT2D eigenvalue weighted by molar-refractivity contribution is -0.139. The Morgan fingerprint density at radius 3 is 1.89 bits per heavy atom. The van der Waals surface area contributed by atoms with Crippen molar-refractivity contribution in [2.75, 3.05) is 24.1 Å². The zero-order valence-corrected chi connectivity index (χ0v) is 33.8. The number of hydrogen-bond acceptors (Lipinski definition) is 8. The maximum atomic E-state index is 14.1. The van der Waals surface area contributed by atoms with Crippen molar-refractivity contribution in [3.05, 3.63) is 71.8 Å². The van der Waals surface area contributed by atoms with Crippen molar-refractivity contribution in [3.63, 3.8) is 0 Å². The molecule has 292 valence electrons. The van der Waals surface area contributed by atoms with Gasteiger partial charge in [0.2, 0.25) is 23.6 Å². The molecule has 53 heavy (non-hydrogen) atoms. The minimum atomic E-state index is -1.65. The summed E-state index contributed by atoms with van der Waals surface area (Å²) < 4.78 is 5.84. The van der Waals surface area contributed by atoms with Gasteiger partial charge in [0.1, 0.15) is 23.7 Å². The predicted molar refractivity (Wildman–Crippen MR) is 213 cm³/mol. The topological polar surface area (TPSA) is 175 Å². The van der Waals surface area contributed by atoms with Crippen molar-refractivity contribution in [3.8, 4) is 0 Å². The molecule has 6 atom stereocenters. The van der Waals surface area contributed by atoms with E-state index in [1.54, 1.807) is 0 Å². The van der Waals surface area contributed by atoms with Crippen LogP contribution in [-0.2, 0) is 41.6 Å². The molecule has 1 aliphatic rings. The largest absolute Gasteiger partial charge is 0.381 e. The summed E-state index contributed by atoms with van der Waals surface area (Å²) in [6, 6.07) is 14.8. The highest BCUT2D eigenvalue weighted by molar-refractivity contribution is 14.1. The van der Waals surface area contributed by atoms with Gasteiger partial charge in [-0.25, -0.2) is 0 Å². The summed E-state index contributed by atoms with van der Waals surface area (Å²) in [6.45, 7) is 10.9. The molecule has 1 heterocycles. The number of Topliss-reactive ketones (excluding diaryl/α,β-unsaturated/α-hetero) is 1. The third kappa shape index (κ3) is 15.5. The van der Waals surface area contributed by atoms with E-state index in [9.17, 15) is 29.1 Å². The quantitative estimate of drug-likeness (QED) is 0.0822. The Kier molecular flexibility index (Phi) is 18.3. The van der Waals surface area contributed by atoms with E-state index >= 15 is 0 Å². The molecular weight excluding hydrogens is 789 g/mol. The molecule has 1 saturated heterocycles. The summed E-state index contributed by atoms with van der Waals surface area (Å²) in [6.07, 6.45) is 1.29. The van der Waals surface area contributed by atoms with Crippen molar-refractivity contribution in [1.82, 2.24) is 26.6 Å². The van der Waals surface area contributed by atoms with Crippen molar-refractivity contribution < 1.29 is 33.8 Å². The second kappa shape index (κ2) is 22.1. The van der Waals surface area contributed by atoms with Gasteiger partial charge in [-0.1, -0.05) is 111 Å². The van der Waals surface area contributed by atoms with Crippen LogP contribution in [0, 0.1) is 11.8 Å². The molecule has 2 aromatic carbocycles. The number of amides is 4. The van der Waals surface area contributed by atoms with Gasteiger partial charge in [0.15, 0.2) is 5.78 Å². The van der Waals surface area contributed by atoms with E-state index in [2.05, 4.69) is 26.6 Å². The standard InChI is InChI=1S/C40H58IN5O7/c1-26(2)20-32(36(48)40(5,52)25-41)44-39(51)34(22-29-14-10-7-11-15-29)46-38(50)33(21-27(3)4)45-37(49)31(17-16-28-12-8-6-9-13-28)43-35(47)23-30-24-42-18-19-53-30/h6-15,26-27,30-34,42,52H,16-25H2,1-5H3,(H,43,47)(H,44,51)(H,45,49)(H,46,50)/t30?,31-,32-,33-,34-,40+/m0/s1. The summed E-state index contributed by atoms with van der Waals surface area (Å²) in [7, 11) is 0. The van der Waals surface area contributed by atoms with E-state index < -0.39 is 53.3 Å². The van der Waals surface area contributed by atoms with Gasteiger partial charge in [-0.2, -0.15) is 0 Å². The second-order valence-electron chi connectivity index (χ2n) is 14.9. The molecule has 1 fully saturated rings. The van der Waals surface area contributed by atoms with Crippen molar-refractivity contribution in [1.29, 1.82) is 0 Å². The van der Waals surface area contributed by atoms with Gasteiger partial charge in [0.25, 0.3) is 0 Å². The first-order chi connectivity index (χ1) is 25.2. The lowest BCUT2D eigenvalue weighted by atomic mass is 9.91. The average Bonchev–Trinajstić information content (AvgIpc) is 3.12. The number of carbonyl (C=O) groups is 5. The van der Waals surface area contributed by atoms with Gasteiger partial charge in [0.05, 0.1) is 25.2 Å². The summed E-state index contributed by atoms with van der Waals surface area (Å²) in [5, 5.41) is 25.4. The summed E-state index contributed by atoms with van der Waals surface area (Å²) in [5.74, 6) is -2.46. The fraction of sp³-hybridized carbons (Fsp3) is 0.575. The van der Waals surface area contributed by atoms with Crippen LogP contribution >= 0.6 is 22.6 Å². The molecule has 0 bridgehead atoms. The van der Waals surface area contributed by atoms with E-state index in [-0.39, 0.29) is 47.5 Å². The molecule has 0 aliphatic carbocycles. The van der Waals surface area contributed by atoms with Gasteiger partial charge >= 0.3 is 0 Å². The van der Waals surface area contributed by atoms with E-state index in [0.29, 0.717) is 39.0 Å². The highest BCUT2D eigenvalue weighted by Crippen LogP contribution is 2.18. The van der Waals surface area contributed by atoms with Gasteiger partial charge in [0, 0.05) is 23.9 Å². The highest BCUT2D eigenvalue weighted by Gasteiger charge is 2.38. The number of ketones is 1.